The first-order valence-corrected chi connectivity index (χ1v) is 9.58. The van der Waals surface area contributed by atoms with Crippen molar-refractivity contribution in [1.29, 1.82) is 0 Å². The summed E-state index contributed by atoms with van der Waals surface area (Å²) in [4.78, 5) is 2.27. The van der Waals surface area contributed by atoms with Crippen molar-refractivity contribution < 1.29 is 4.74 Å². The lowest BCUT2D eigenvalue weighted by molar-refractivity contribution is 0.166. The Hall–Kier alpha value is -3.10. The van der Waals surface area contributed by atoms with Crippen molar-refractivity contribution in [2.45, 2.75) is 13.3 Å². The summed E-state index contributed by atoms with van der Waals surface area (Å²) in [6.45, 7) is 10.9. The van der Waals surface area contributed by atoms with E-state index in [0.29, 0.717) is 13.2 Å². The van der Waals surface area contributed by atoms with Crippen LogP contribution in [-0.4, -0.2) is 13.2 Å². The summed E-state index contributed by atoms with van der Waals surface area (Å²) in [6, 6.07) is 25.7. The average molecular weight is 370 g/mol. The monoisotopic (exact) mass is 369 g/mol. The topological polar surface area (TPSA) is 12.5 Å². The highest BCUT2D eigenvalue weighted by Crippen LogP contribution is 2.34. The number of rotatable bonds is 9. The van der Waals surface area contributed by atoms with Gasteiger partial charge < -0.3 is 9.64 Å². The molecule has 0 saturated heterocycles. The molecule has 0 heterocycles. The molecule has 142 valence electrons. The van der Waals surface area contributed by atoms with Crippen LogP contribution in [0.3, 0.4) is 0 Å². The smallest absolute Gasteiger partial charge is 0.0644 e. The van der Waals surface area contributed by atoms with Crippen LogP contribution in [-0.2, 0) is 11.2 Å². The summed E-state index contributed by atoms with van der Waals surface area (Å²) in [5, 5.41) is 0. The van der Waals surface area contributed by atoms with Crippen LogP contribution in [0.4, 0.5) is 17.1 Å². The van der Waals surface area contributed by atoms with Crippen LogP contribution < -0.4 is 4.90 Å². The van der Waals surface area contributed by atoms with E-state index in [9.17, 15) is 0 Å². The number of nitrogens with zero attached hydrogens (tertiary/aromatic N) is 1. The number of hydrogen-bond acceptors (Lipinski definition) is 2. The highest BCUT2D eigenvalue weighted by molar-refractivity contribution is 5.77. The minimum absolute atomic E-state index is 0.597. The third-order valence-electron chi connectivity index (χ3n) is 4.64. The maximum Gasteiger partial charge on any atom is 0.0644 e. The zero-order valence-corrected chi connectivity index (χ0v) is 16.5. The third kappa shape index (κ3) is 4.99. The normalized spacial score (nSPS) is 10.5. The molecule has 0 radical (unpaired) electrons. The van der Waals surface area contributed by atoms with Crippen molar-refractivity contribution in [1.82, 2.24) is 0 Å². The molecule has 3 aromatic carbocycles. The van der Waals surface area contributed by atoms with Gasteiger partial charge in [-0.3, -0.25) is 0 Å². The predicted molar refractivity (Wildman–Crippen MR) is 121 cm³/mol. The molecule has 0 spiro atoms. The Bertz CT molecular complexity index is 893. The number of ether oxygens (including phenoxy) is 1. The molecule has 0 fully saturated rings. The van der Waals surface area contributed by atoms with Gasteiger partial charge in [-0.1, -0.05) is 60.7 Å². The number of anilines is 3. The largest absolute Gasteiger partial charge is 0.377 e. The second-order valence-corrected chi connectivity index (χ2v) is 6.75. The van der Waals surface area contributed by atoms with Gasteiger partial charge in [0.2, 0.25) is 0 Å². The molecular weight excluding hydrogens is 342 g/mol. The molecule has 0 amide bonds. The van der Waals surface area contributed by atoms with Gasteiger partial charge in [-0.25, -0.2) is 0 Å². The van der Waals surface area contributed by atoms with Gasteiger partial charge in [0.25, 0.3) is 0 Å². The lowest BCUT2D eigenvalue weighted by atomic mass is 10.1. The highest BCUT2D eigenvalue weighted by atomic mass is 16.5. The fourth-order valence-electron chi connectivity index (χ4n) is 3.07. The van der Waals surface area contributed by atoms with Crippen molar-refractivity contribution in [2.75, 3.05) is 18.1 Å². The second kappa shape index (κ2) is 9.72. The van der Waals surface area contributed by atoms with Gasteiger partial charge >= 0.3 is 0 Å². The van der Waals surface area contributed by atoms with Crippen molar-refractivity contribution in [2.24, 2.45) is 0 Å². The second-order valence-electron chi connectivity index (χ2n) is 6.75. The summed E-state index contributed by atoms with van der Waals surface area (Å²) in [5.74, 6) is 0. The van der Waals surface area contributed by atoms with Gasteiger partial charge in [0.1, 0.15) is 0 Å². The number of aryl methyl sites for hydroxylation is 1. The lowest BCUT2D eigenvalue weighted by Gasteiger charge is -2.26. The SMILES string of the molecule is C=CCOCCc1ccc(N(c2ccc(C)cc2)c2ccc(C=C)cc2)cc1. The van der Waals surface area contributed by atoms with Crippen molar-refractivity contribution in [3.63, 3.8) is 0 Å². The summed E-state index contributed by atoms with van der Waals surface area (Å²) in [7, 11) is 0. The van der Waals surface area contributed by atoms with Crippen LogP contribution in [0, 0.1) is 6.92 Å². The summed E-state index contributed by atoms with van der Waals surface area (Å²) in [5.41, 5.74) is 7.02. The Labute approximate surface area is 168 Å². The molecule has 0 aliphatic carbocycles. The van der Waals surface area contributed by atoms with E-state index < -0.39 is 0 Å². The Kier molecular flexibility index (Phi) is 6.83. The Morgan fingerprint density at radius 1 is 0.786 bits per heavy atom. The van der Waals surface area contributed by atoms with Crippen LogP contribution in [0.15, 0.2) is 92.0 Å². The van der Waals surface area contributed by atoms with Gasteiger partial charge in [0.15, 0.2) is 0 Å². The molecule has 0 aromatic heterocycles. The Morgan fingerprint density at radius 2 is 1.32 bits per heavy atom. The fourth-order valence-corrected chi connectivity index (χ4v) is 3.07. The molecule has 2 nitrogen and oxygen atoms in total. The van der Waals surface area contributed by atoms with E-state index in [-0.39, 0.29) is 0 Å². The third-order valence-corrected chi connectivity index (χ3v) is 4.64. The van der Waals surface area contributed by atoms with Gasteiger partial charge in [-0.15, -0.1) is 6.58 Å². The minimum Gasteiger partial charge on any atom is -0.377 e. The van der Waals surface area contributed by atoms with Gasteiger partial charge in [0.05, 0.1) is 13.2 Å². The highest BCUT2D eigenvalue weighted by Gasteiger charge is 2.12. The molecule has 0 aliphatic rings. The number of hydrogen-bond donors (Lipinski definition) is 0. The first-order valence-electron chi connectivity index (χ1n) is 9.58. The van der Waals surface area contributed by atoms with E-state index in [1.807, 2.05) is 6.08 Å². The first-order chi connectivity index (χ1) is 13.7. The fraction of sp³-hybridized carbons (Fsp3) is 0.154. The van der Waals surface area contributed by atoms with Crippen LogP contribution >= 0.6 is 0 Å². The molecule has 3 rings (SSSR count). The zero-order valence-electron chi connectivity index (χ0n) is 16.5. The van der Waals surface area contributed by atoms with Gasteiger partial charge in [-0.05, 0) is 60.9 Å². The summed E-state index contributed by atoms with van der Waals surface area (Å²) >= 11 is 0. The maximum absolute atomic E-state index is 5.50. The van der Waals surface area contributed by atoms with Gasteiger partial charge in [0, 0.05) is 17.1 Å². The first kappa shape index (κ1) is 19.7. The lowest BCUT2D eigenvalue weighted by Crippen LogP contribution is -2.10. The standard InChI is InChI=1S/C26H27NO/c1-4-19-28-20-18-23-10-16-26(17-11-23)27(24-12-6-21(3)7-13-24)25-14-8-22(5-2)9-15-25/h4-17H,1-2,18-20H2,3H3. The van der Waals surface area contributed by atoms with Crippen molar-refractivity contribution in [3.05, 3.63) is 109 Å². The molecule has 0 atom stereocenters. The molecule has 0 bridgehead atoms. The zero-order chi connectivity index (χ0) is 19.8. The number of benzene rings is 3. The molecule has 0 N–H and O–H groups in total. The average Bonchev–Trinajstić information content (AvgIpc) is 2.74. The molecule has 0 aliphatic heterocycles. The predicted octanol–water partition coefficient (Wildman–Crippen LogP) is 6.85. The van der Waals surface area contributed by atoms with Crippen LogP contribution in [0.2, 0.25) is 0 Å². The van der Waals surface area contributed by atoms with Crippen molar-refractivity contribution in [3.8, 4) is 0 Å². The van der Waals surface area contributed by atoms with Crippen LogP contribution in [0.25, 0.3) is 6.08 Å². The van der Waals surface area contributed by atoms with E-state index in [1.165, 1.54) is 11.1 Å². The minimum atomic E-state index is 0.597. The molecule has 0 saturated carbocycles. The Morgan fingerprint density at radius 3 is 1.86 bits per heavy atom. The molecule has 3 aromatic rings. The van der Waals surface area contributed by atoms with E-state index in [1.54, 1.807) is 6.08 Å². The van der Waals surface area contributed by atoms with E-state index >= 15 is 0 Å². The molecule has 2 heteroatoms. The molecule has 28 heavy (non-hydrogen) atoms. The Balaban J connectivity index is 1.88. The molecular formula is C26H27NO. The quantitative estimate of drug-likeness (QED) is 0.302. The van der Waals surface area contributed by atoms with E-state index in [2.05, 4.69) is 97.8 Å². The van der Waals surface area contributed by atoms with Crippen LogP contribution in [0.5, 0.6) is 0 Å². The summed E-state index contributed by atoms with van der Waals surface area (Å²) < 4.78 is 5.50. The van der Waals surface area contributed by atoms with Crippen LogP contribution in [0.1, 0.15) is 16.7 Å². The van der Waals surface area contributed by atoms with E-state index in [0.717, 1.165) is 29.0 Å². The molecule has 0 unspecified atom stereocenters. The maximum atomic E-state index is 5.50. The summed E-state index contributed by atoms with van der Waals surface area (Å²) in [6.07, 6.45) is 4.54. The van der Waals surface area contributed by atoms with Gasteiger partial charge in [-0.2, -0.15) is 0 Å². The van der Waals surface area contributed by atoms with Crippen molar-refractivity contribution >= 4 is 23.1 Å². The van der Waals surface area contributed by atoms with E-state index in [4.69, 9.17) is 4.74 Å².